The maximum atomic E-state index is 12.2. The van der Waals surface area contributed by atoms with Crippen LogP contribution in [0.25, 0.3) is 0 Å². The predicted molar refractivity (Wildman–Crippen MR) is 80.5 cm³/mol. The van der Waals surface area contributed by atoms with Crippen LogP contribution in [0.5, 0.6) is 0 Å². The highest BCUT2D eigenvalue weighted by Crippen LogP contribution is 2.38. The molecule has 1 heterocycles. The average molecular weight is 295 g/mol. The number of nitrogens with one attached hydrogen (secondary N) is 1. The number of ether oxygens (including phenoxy) is 1. The first-order valence-corrected chi connectivity index (χ1v) is 8.10. The Morgan fingerprint density at radius 3 is 2.70 bits per heavy atom. The molecule has 0 aromatic carbocycles. The van der Waals surface area contributed by atoms with Crippen LogP contribution < -0.4 is 5.32 Å². The average Bonchev–Trinajstić information content (AvgIpc) is 2.76. The Bertz CT molecular complexity index is 507. The Morgan fingerprint density at radius 2 is 2.00 bits per heavy atom. The molecule has 0 aliphatic heterocycles. The number of amides is 1. The van der Waals surface area contributed by atoms with Crippen LogP contribution in [0.2, 0.25) is 0 Å². The molecule has 110 valence electrons. The summed E-state index contributed by atoms with van der Waals surface area (Å²) in [5, 5.41) is 3.56. The molecule has 1 amide bonds. The Hall–Kier alpha value is -1.36. The minimum Gasteiger partial charge on any atom is -0.462 e. The molecule has 1 N–H and O–H groups in total. The van der Waals surface area contributed by atoms with Crippen LogP contribution in [0.1, 0.15) is 60.3 Å². The van der Waals surface area contributed by atoms with Crippen molar-refractivity contribution in [2.45, 2.75) is 52.4 Å². The SMILES string of the molecule is CCCC(=O)Nc1sc2c(c1C(=O)OCC)CCCC2. The number of aryl methyl sites for hydroxylation is 1. The third-order valence-electron chi connectivity index (χ3n) is 3.38. The first kappa shape index (κ1) is 15.0. The van der Waals surface area contributed by atoms with Crippen molar-refractivity contribution < 1.29 is 14.3 Å². The van der Waals surface area contributed by atoms with Gasteiger partial charge in [-0.1, -0.05) is 6.92 Å². The number of carbonyl (C=O) groups is 2. The molecule has 0 unspecified atom stereocenters. The molecule has 4 nitrogen and oxygen atoms in total. The first-order chi connectivity index (χ1) is 9.67. The predicted octanol–water partition coefficient (Wildman–Crippen LogP) is 3.54. The fraction of sp³-hybridized carbons (Fsp3) is 0.600. The number of carbonyl (C=O) groups excluding carboxylic acids is 2. The van der Waals surface area contributed by atoms with Gasteiger partial charge in [-0.05, 0) is 44.6 Å². The molecule has 1 aromatic rings. The van der Waals surface area contributed by atoms with Gasteiger partial charge in [0.15, 0.2) is 0 Å². The standard InChI is InChI=1S/C15H21NO3S/c1-3-7-12(17)16-14-13(15(18)19-4-2)10-8-5-6-9-11(10)20-14/h3-9H2,1-2H3,(H,16,17). The number of hydrogen-bond donors (Lipinski definition) is 1. The lowest BCUT2D eigenvalue weighted by Crippen LogP contribution is -2.15. The second-order valence-corrected chi connectivity index (χ2v) is 6.04. The van der Waals surface area contributed by atoms with Crippen molar-refractivity contribution in [2.24, 2.45) is 0 Å². The number of esters is 1. The topological polar surface area (TPSA) is 55.4 Å². The summed E-state index contributed by atoms with van der Waals surface area (Å²) in [5.41, 5.74) is 1.68. The summed E-state index contributed by atoms with van der Waals surface area (Å²) in [6.45, 7) is 4.11. The third-order valence-corrected chi connectivity index (χ3v) is 4.59. The van der Waals surface area contributed by atoms with Crippen molar-refractivity contribution in [3.8, 4) is 0 Å². The molecule has 0 saturated heterocycles. The van der Waals surface area contributed by atoms with Crippen LogP contribution in [0.15, 0.2) is 0 Å². The van der Waals surface area contributed by atoms with E-state index in [9.17, 15) is 9.59 Å². The zero-order valence-corrected chi connectivity index (χ0v) is 12.9. The van der Waals surface area contributed by atoms with Crippen molar-refractivity contribution in [3.05, 3.63) is 16.0 Å². The molecule has 20 heavy (non-hydrogen) atoms. The van der Waals surface area contributed by atoms with E-state index < -0.39 is 0 Å². The monoisotopic (exact) mass is 295 g/mol. The van der Waals surface area contributed by atoms with Crippen LogP contribution in [0.4, 0.5) is 5.00 Å². The van der Waals surface area contributed by atoms with E-state index in [-0.39, 0.29) is 11.9 Å². The molecule has 5 heteroatoms. The van der Waals surface area contributed by atoms with E-state index in [0.29, 0.717) is 23.6 Å². The lowest BCUT2D eigenvalue weighted by Gasteiger charge is -2.12. The molecular formula is C15H21NO3S. The van der Waals surface area contributed by atoms with E-state index in [2.05, 4.69) is 5.32 Å². The molecule has 0 atom stereocenters. The molecule has 2 rings (SSSR count). The highest BCUT2D eigenvalue weighted by Gasteiger charge is 2.26. The highest BCUT2D eigenvalue weighted by atomic mass is 32.1. The Balaban J connectivity index is 2.31. The summed E-state index contributed by atoms with van der Waals surface area (Å²) in [4.78, 5) is 25.2. The number of rotatable bonds is 5. The minimum absolute atomic E-state index is 0.0309. The molecule has 1 aliphatic carbocycles. The van der Waals surface area contributed by atoms with Gasteiger partial charge in [-0.25, -0.2) is 4.79 Å². The van der Waals surface area contributed by atoms with Gasteiger partial charge in [-0.15, -0.1) is 11.3 Å². The maximum absolute atomic E-state index is 12.2. The number of anilines is 1. The smallest absolute Gasteiger partial charge is 0.341 e. The van der Waals surface area contributed by atoms with Crippen LogP contribution in [0, 0.1) is 0 Å². The third kappa shape index (κ3) is 3.20. The van der Waals surface area contributed by atoms with E-state index in [1.165, 1.54) is 16.2 Å². The van der Waals surface area contributed by atoms with Crippen LogP contribution in [-0.2, 0) is 22.4 Å². The minimum atomic E-state index is -0.307. The summed E-state index contributed by atoms with van der Waals surface area (Å²) >= 11 is 1.54. The maximum Gasteiger partial charge on any atom is 0.341 e. The summed E-state index contributed by atoms with van der Waals surface area (Å²) < 4.78 is 5.15. The van der Waals surface area contributed by atoms with E-state index in [0.717, 1.165) is 37.7 Å². The van der Waals surface area contributed by atoms with Gasteiger partial charge in [-0.2, -0.15) is 0 Å². The molecule has 0 radical (unpaired) electrons. The quantitative estimate of drug-likeness (QED) is 0.845. The lowest BCUT2D eigenvalue weighted by atomic mass is 9.95. The van der Waals surface area contributed by atoms with Gasteiger partial charge in [0.25, 0.3) is 0 Å². The molecule has 0 bridgehead atoms. The fourth-order valence-electron chi connectivity index (χ4n) is 2.49. The van der Waals surface area contributed by atoms with Gasteiger partial charge in [0.05, 0.1) is 12.2 Å². The van der Waals surface area contributed by atoms with Crippen molar-refractivity contribution in [1.82, 2.24) is 0 Å². The van der Waals surface area contributed by atoms with E-state index in [1.54, 1.807) is 6.92 Å². The van der Waals surface area contributed by atoms with Crippen molar-refractivity contribution in [3.63, 3.8) is 0 Å². The van der Waals surface area contributed by atoms with Gasteiger partial charge in [-0.3, -0.25) is 4.79 Å². The molecule has 0 fully saturated rings. The largest absolute Gasteiger partial charge is 0.462 e. The van der Waals surface area contributed by atoms with Crippen LogP contribution in [0.3, 0.4) is 0 Å². The van der Waals surface area contributed by atoms with Crippen LogP contribution in [-0.4, -0.2) is 18.5 Å². The zero-order chi connectivity index (χ0) is 14.5. The normalized spacial score (nSPS) is 13.7. The van der Waals surface area contributed by atoms with Gasteiger partial charge < -0.3 is 10.1 Å². The Kier molecular flexibility index (Phi) is 5.17. The Morgan fingerprint density at radius 1 is 1.25 bits per heavy atom. The van der Waals surface area contributed by atoms with E-state index in [4.69, 9.17) is 4.74 Å². The number of fused-ring (bicyclic) bond motifs is 1. The first-order valence-electron chi connectivity index (χ1n) is 7.28. The lowest BCUT2D eigenvalue weighted by molar-refractivity contribution is -0.116. The molecular weight excluding hydrogens is 274 g/mol. The zero-order valence-electron chi connectivity index (χ0n) is 12.1. The van der Waals surface area contributed by atoms with Crippen molar-refractivity contribution in [1.29, 1.82) is 0 Å². The van der Waals surface area contributed by atoms with Crippen molar-refractivity contribution >= 4 is 28.2 Å². The number of hydrogen-bond acceptors (Lipinski definition) is 4. The summed E-state index contributed by atoms with van der Waals surface area (Å²) in [7, 11) is 0. The van der Waals surface area contributed by atoms with E-state index >= 15 is 0 Å². The molecule has 0 saturated carbocycles. The van der Waals surface area contributed by atoms with Crippen molar-refractivity contribution in [2.75, 3.05) is 11.9 Å². The van der Waals surface area contributed by atoms with Gasteiger partial charge in [0, 0.05) is 11.3 Å². The fourth-order valence-corrected chi connectivity index (χ4v) is 3.78. The second kappa shape index (κ2) is 6.88. The summed E-state index contributed by atoms with van der Waals surface area (Å²) in [5.74, 6) is -0.338. The van der Waals surface area contributed by atoms with Gasteiger partial charge in [0.2, 0.25) is 5.91 Å². The molecule has 0 spiro atoms. The highest BCUT2D eigenvalue weighted by molar-refractivity contribution is 7.17. The summed E-state index contributed by atoms with van der Waals surface area (Å²) in [6.07, 6.45) is 5.42. The summed E-state index contributed by atoms with van der Waals surface area (Å²) in [6, 6.07) is 0. The molecule has 1 aromatic heterocycles. The molecule has 1 aliphatic rings. The second-order valence-electron chi connectivity index (χ2n) is 4.93. The number of thiophene rings is 1. The Labute approximate surface area is 123 Å². The van der Waals surface area contributed by atoms with Crippen LogP contribution >= 0.6 is 11.3 Å². The van der Waals surface area contributed by atoms with E-state index in [1.807, 2.05) is 6.92 Å². The van der Waals surface area contributed by atoms with Gasteiger partial charge in [0.1, 0.15) is 5.00 Å². The van der Waals surface area contributed by atoms with Gasteiger partial charge >= 0.3 is 5.97 Å².